The Bertz CT molecular complexity index is 122. The van der Waals surface area contributed by atoms with Crippen LogP contribution in [0.25, 0.3) is 0 Å². The first-order chi connectivity index (χ1) is 5.74. The molecule has 1 amide bonds. The normalized spacial score (nSPS) is 10.0. The molecule has 0 radical (unpaired) electrons. The third-order valence-corrected chi connectivity index (χ3v) is 2.16. The van der Waals surface area contributed by atoms with E-state index in [-0.39, 0.29) is 6.09 Å². The second-order valence-electron chi connectivity index (χ2n) is 2.89. The van der Waals surface area contributed by atoms with E-state index < -0.39 is 0 Å². The summed E-state index contributed by atoms with van der Waals surface area (Å²) >= 11 is 0. The lowest BCUT2D eigenvalue weighted by molar-refractivity contribution is 0.170. The molecule has 0 aromatic rings. The van der Waals surface area contributed by atoms with E-state index >= 15 is 0 Å². The molecule has 3 nitrogen and oxygen atoms in total. The van der Waals surface area contributed by atoms with Gasteiger partial charge in [-0.15, -0.1) is 0 Å². The van der Waals surface area contributed by atoms with Crippen molar-refractivity contribution in [3.63, 3.8) is 0 Å². The number of amides is 1. The Hall–Kier alpha value is -0.730. The number of alkyl carbamates (subject to hydrolysis) is 1. The van der Waals surface area contributed by atoms with Gasteiger partial charge < -0.3 is 10.1 Å². The monoisotopic (exact) mass is 173 g/mol. The number of ether oxygens (including phenoxy) is 1. The number of methoxy groups -OCH3 is 1. The van der Waals surface area contributed by atoms with Crippen molar-refractivity contribution in [2.24, 2.45) is 5.92 Å². The molecule has 0 saturated heterocycles. The van der Waals surface area contributed by atoms with Crippen LogP contribution in [0.1, 0.15) is 33.1 Å². The molecular formula is C9H19NO2. The third-order valence-electron chi connectivity index (χ3n) is 2.16. The lowest BCUT2D eigenvalue weighted by Gasteiger charge is -2.11. The molecule has 0 aliphatic carbocycles. The fourth-order valence-electron chi connectivity index (χ4n) is 1.15. The number of rotatable bonds is 5. The van der Waals surface area contributed by atoms with Gasteiger partial charge >= 0.3 is 6.09 Å². The van der Waals surface area contributed by atoms with Crippen LogP contribution in [0.5, 0.6) is 0 Å². The molecule has 0 aliphatic rings. The maximum atomic E-state index is 10.6. The third kappa shape index (κ3) is 4.99. The van der Waals surface area contributed by atoms with E-state index in [1.807, 2.05) is 0 Å². The summed E-state index contributed by atoms with van der Waals surface area (Å²) in [5, 5.41) is 2.67. The van der Waals surface area contributed by atoms with Gasteiger partial charge in [-0.25, -0.2) is 4.79 Å². The summed E-state index contributed by atoms with van der Waals surface area (Å²) in [4.78, 5) is 10.6. The standard InChI is InChI=1S/C9H19NO2/c1-4-8(5-2)6-7-10-9(11)12-3/h8H,4-7H2,1-3H3,(H,10,11). The maximum Gasteiger partial charge on any atom is 0.406 e. The molecule has 0 rings (SSSR count). The van der Waals surface area contributed by atoms with Crippen LogP contribution in [0.2, 0.25) is 0 Å². The highest BCUT2D eigenvalue weighted by Gasteiger charge is 2.03. The molecule has 0 saturated carbocycles. The molecule has 1 N–H and O–H groups in total. The SMILES string of the molecule is CCC(CC)CCNC(=O)OC. The van der Waals surface area contributed by atoms with E-state index in [1.54, 1.807) is 0 Å². The molecule has 12 heavy (non-hydrogen) atoms. The molecular weight excluding hydrogens is 154 g/mol. The highest BCUT2D eigenvalue weighted by molar-refractivity contribution is 5.66. The first-order valence-corrected chi connectivity index (χ1v) is 4.56. The van der Waals surface area contributed by atoms with Crippen LogP contribution in [0, 0.1) is 5.92 Å². The minimum atomic E-state index is -0.332. The predicted molar refractivity (Wildman–Crippen MR) is 49.1 cm³/mol. The number of carbonyl (C=O) groups excluding carboxylic acids is 1. The smallest absolute Gasteiger partial charge is 0.406 e. The number of hydrogen-bond acceptors (Lipinski definition) is 2. The van der Waals surface area contributed by atoms with Crippen LogP contribution in [0.4, 0.5) is 4.79 Å². The van der Waals surface area contributed by atoms with Crippen LogP contribution in [0.15, 0.2) is 0 Å². The summed E-state index contributed by atoms with van der Waals surface area (Å²) in [5.74, 6) is 0.724. The number of hydrogen-bond donors (Lipinski definition) is 1. The highest BCUT2D eigenvalue weighted by Crippen LogP contribution is 2.10. The van der Waals surface area contributed by atoms with E-state index in [4.69, 9.17) is 0 Å². The van der Waals surface area contributed by atoms with Gasteiger partial charge in [0.25, 0.3) is 0 Å². The Labute approximate surface area is 74.5 Å². The number of carbonyl (C=O) groups is 1. The van der Waals surface area contributed by atoms with Crippen molar-refractivity contribution < 1.29 is 9.53 Å². The summed E-state index contributed by atoms with van der Waals surface area (Å²) in [7, 11) is 1.38. The predicted octanol–water partition coefficient (Wildman–Crippen LogP) is 2.17. The minimum Gasteiger partial charge on any atom is -0.453 e. The molecule has 0 aromatic carbocycles. The average Bonchev–Trinajstić information content (AvgIpc) is 2.12. The zero-order chi connectivity index (χ0) is 9.40. The minimum absolute atomic E-state index is 0.332. The highest BCUT2D eigenvalue weighted by atomic mass is 16.5. The van der Waals surface area contributed by atoms with Crippen molar-refractivity contribution in [1.29, 1.82) is 0 Å². The van der Waals surface area contributed by atoms with Gasteiger partial charge in [0, 0.05) is 6.54 Å². The van der Waals surface area contributed by atoms with Crippen LogP contribution < -0.4 is 5.32 Å². The second-order valence-corrected chi connectivity index (χ2v) is 2.89. The first-order valence-electron chi connectivity index (χ1n) is 4.56. The zero-order valence-corrected chi connectivity index (χ0v) is 8.22. The van der Waals surface area contributed by atoms with Crippen LogP contribution >= 0.6 is 0 Å². The molecule has 0 unspecified atom stereocenters. The quantitative estimate of drug-likeness (QED) is 0.692. The molecule has 0 atom stereocenters. The molecule has 0 fully saturated rings. The van der Waals surface area contributed by atoms with Crippen LogP contribution in [0.3, 0.4) is 0 Å². The van der Waals surface area contributed by atoms with E-state index in [1.165, 1.54) is 20.0 Å². The molecule has 0 heterocycles. The molecule has 0 spiro atoms. The Morgan fingerprint density at radius 3 is 2.42 bits per heavy atom. The van der Waals surface area contributed by atoms with E-state index in [9.17, 15) is 4.79 Å². The lowest BCUT2D eigenvalue weighted by Crippen LogP contribution is -2.25. The first kappa shape index (κ1) is 11.3. The Balaban J connectivity index is 3.34. The van der Waals surface area contributed by atoms with Gasteiger partial charge in [-0.3, -0.25) is 0 Å². The van der Waals surface area contributed by atoms with Gasteiger partial charge in [0.15, 0.2) is 0 Å². The van der Waals surface area contributed by atoms with Gasteiger partial charge in [0.2, 0.25) is 0 Å². The van der Waals surface area contributed by atoms with Gasteiger partial charge in [-0.1, -0.05) is 26.7 Å². The van der Waals surface area contributed by atoms with Crippen molar-refractivity contribution in [1.82, 2.24) is 5.32 Å². The molecule has 0 aromatic heterocycles. The van der Waals surface area contributed by atoms with Gasteiger partial charge in [0.05, 0.1) is 7.11 Å². The summed E-state index contributed by atoms with van der Waals surface area (Å²) < 4.78 is 4.45. The molecule has 0 aliphatic heterocycles. The maximum absolute atomic E-state index is 10.6. The fourth-order valence-corrected chi connectivity index (χ4v) is 1.15. The van der Waals surface area contributed by atoms with Gasteiger partial charge in [0.1, 0.15) is 0 Å². The van der Waals surface area contributed by atoms with Gasteiger partial charge in [-0.05, 0) is 12.3 Å². The molecule has 0 bridgehead atoms. The summed E-state index contributed by atoms with van der Waals surface area (Å²) in [6, 6.07) is 0. The van der Waals surface area contributed by atoms with Crippen LogP contribution in [-0.4, -0.2) is 19.7 Å². The fraction of sp³-hybridized carbons (Fsp3) is 0.889. The van der Waals surface area contributed by atoms with E-state index in [2.05, 4.69) is 23.9 Å². The van der Waals surface area contributed by atoms with Crippen molar-refractivity contribution in [3.05, 3.63) is 0 Å². The van der Waals surface area contributed by atoms with Crippen molar-refractivity contribution in [3.8, 4) is 0 Å². The van der Waals surface area contributed by atoms with Crippen molar-refractivity contribution in [2.75, 3.05) is 13.7 Å². The average molecular weight is 173 g/mol. The summed E-state index contributed by atoms with van der Waals surface area (Å²) in [5.41, 5.74) is 0. The summed E-state index contributed by atoms with van der Waals surface area (Å²) in [6.07, 6.45) is 3.07. The Kier molecular flexibility index (Phi) is 6.53. The van der Waals surface area contributed by atoms with E-state index in [0.717, 1.165) is 18.9 Å². The zero-order valence-electron chi connectivity index (χ0n) is 8.22. The number of nitrogens with one attached hydrogen (secondary N) is 1. The van der Waals surface area contributed by atoms with Crippen LogP contribution in [-0.2, 0) is 4.74 Å². The lowest BCUT2D eigenvalue weighted by atomic mass is 10.00. The second kappa shape index (κ2) is 6.95. The Morgan fingerprint density at radius 1 is 1.42 bits per heavy atom. The topological polar surface area (TPSA) is 38.3 Å². The summed E-state index contributed by atoms with van der Waals surface area (Å²) in [6.45, 7) is 5.07. The molecule has 3 heteroatoms. The van der Waals surface area contributed by atoms with Crippen molar-refractivity contribution in [2.45, 2.75) is 33.1 Å². The van der Waals surface area contributed by atoms with E-state index in [0.29, 0.717) is 0 Å². The Morgan fingerprint density at radius 2 is 2.00 bits per heavy atom. The van der Waals surface area contributed by atoms with Crippen molar-refractivity contribution >= 4 is 6.09 Å². The molecule has 72 valence electrons. The largest absolute Gasteiger partial charge is 0.453 e. The van der Waals surface area contributed by atoms with Gasteiger partial charge in [-0.2, -0.15) is 0 Å².